The number of nitrogens with zero attached hydrogens (tertiary/aromatic N) is 6. The zero-order valence-corrected chi connectivity index (χ0v) is 19.7. The average molecular weight is 469 g/mol. The molecule has 0 saturated heterocycles. The highest BCUT2D eigenvalue weighted by molar-refractivity contribution is 5.91. The van der Waals surface area contributed by atoms with Crippen LogP contribution < -0.4 is 27.2 Å². The second kappa shape index (κ2) is 11.4. The molecule has 0 aliphatic rings. The summed E-state index contributed by atoms with van der Waals surface area (Å²) in [4.78, 5) is 14.6. The number of aromatic nitrogens is 6. The number of hydrogen-bond acceptors (Lipinski definition) is 8. The van der Waals surface area contributed by atoms with Gasteiger partial charge in [-0.05, 0) is 49.9 Å². The molecule has 0 fully saturated rings. The first-order valence-corrected chi connectivity index (χ1v) is 10.8. The summed E-state index contributed by atoms with van der Waals surface area (Å²) >= 11 is 0. The van der Waals surface area contributed by atoms with Gasteiger partial charge >= 0.3 is 0 Å². The van der Waals surface area contributed by atoms with Crippen LogP contribution in [0.2, 0.25) is 0 Å². The molecule has 0 bridgehead atoms. The molecule has 0 atom stereocenters. The van der Waals surface area contributed by atoms with Gasteiger partial charge in [-0.3, -0.25) is 0 Å². The molecule has 0 spiro atoms. The van der Waals surface area contributed by atoms with Crippen molar-refractivity contribution in [1.29, 1.82) is 0 Å². The van der Waals surface area contributed by atoms with Crippen molar-refractivity contribution in [3.63, 3.8) is 0 Å². The maximum absolute atomic E-state index is 5.94. The van der Waals surface area contributed by atoms with Gasteiger partial charge < -0.3 is 27.2 Å². The molecule has 4 aromatic rings. The molecule has 0 aliphatic carbocycles. The topological polar surface area (TPSA) is 99.9 Å². The lowest BCUT2D eigenvalue weighted by Crippen LogP contribution is -3.00. The first-order chi connectivity index (χ1) is 15.6. The third kappa shape index (κ3) is 6.52. The van der Waals surface area contributed by atoms with Crippen molar-refractivity contribution < 1.29 is 21.9 Å². The first kappa shape index (κ1) is 24.2. The van der Waals surface area contributed by atoms with Crippen LogP contribution in [0.3, 0.4) is 0 Å². The maximum Gasteiger partial charge on any atom is 0.219 e. The lowest BCUT2D eigenvalue weighted by molar-refractivity contribution is -0.00000806. The Labute approximate surface area is 199 Å². The normalized spacial score (nSPS) is 10.8. The Morgan fingerprint density at radius 3 is 2.61 bits per heavy atom. The van der Waals surface area contributed by atoms with Crippen LogP contribution in [-0.4, -0.2) is 36.6 Å². The standard InChI is InChI=1S/C23H27N7O2.ClH/c1-4-30-27-14-21(29-30)28-23-19-12-17(7-9-20(19)25-15-26-23)32-22-10-8-18(13-24-22)31-11-5-6-16(2)3;/h7-10,12-16H,4-6,11H2,1-3H3,(H,25,26,28,29);1H/p-1. The van der Waals surface area contributed by atoms with Crippen molar-refractivity contribution in [3.8, 4) is 17.4 Å². The Kier molecular flexibility index (Phi) is 8.37. The van der Waals surface area contributed by atoms with Gasteiger partial charge in [0.05, 0.1) is 31.1 Å². The van der Waals surface area contributed by atoms with E-state index < -0.39 is 0 Å². The number of ether oxygens (including phenoxy) is 2. The number of anilines is 2. The van der Waals surface area contributed by atoms with Gasteiger partial charge in [-0.2, -0.15) is 9.90 Å². The van der Waals surface area contributed by atoms with Crippen molar-refractivity contribution in [2.45, 2.75) is 40.2 Å². The third-order valence-corrected chi connectivity index (χ3v) is 4.80. The molecule has 0 amide bonds. The summed E-state index contributed by atoms with van der Waals surface area (Å²) in [5, 5.41) is 12.5. The van der Waals surface area contributed by atoms with Crippen molar-refractivity contribution in [3.05, 3.63) is 49.1 Å². The Balaban J connectivity index is 0.00000306. The molecule has 0 saturated carbocycles. The van der Waals surface area contributed by atoms with E-state index in [-0.39, 0.29) is 12.4 Å². The minimum absolute atomic E-state index is 0. The number of halogens is 1. The number of nitrogens with one attached hydrogen (secondary N) is 1. The summed E-state index contributed by atoms with van der Waals surface area (Å²) in [7, 11) is 0. The van der Waals surface area contributed by atoms with Gasteiger partial charge in [0, 0.05) is 11.5 Å². The van der Waals surface area contributed by atoms with Crippen LogP contribution in [-0.2, 0) is 6.54 Å². The lowest BCUT2D eigenvalue weighted by Gasteiger charge is -2.10. The number of aryl methyl sites for hydroxylation is 1. The largest absolute Gasteiger partial charge is 1.00 e. The van der Waals surface area contributed by atoms with Gasteiger partial charge in [0.2, 0.25) is 5.88 Å². The van der Waals surface area contributed by atoms with E-state index in [2.05, 4.69) is 44.3 Å². The fourth-order valence-electron chi connectivity index (χ4n) is 3.14. The average Bonchev–Trinajstić information content (AvgIpc) is 3.26. The van der Waals surface area contributed by atoms with E-state index in [1.165, 1.54) is 6.33 Å². The highest BCUT2D eigenvalue weighted by Gasteiger charge is 2.09. The van der Waals surface area contributed by atoms with E-state index in [4.69, 9.17) is 9.47 Å². The fourth-order valence-corrected chi connectivity index (χ4v) is 3.14. The number of pyridine rings is 1. The summed E-state index contributed by atoms with van der Waals surface area (Å²) in [6.45, 7) is 7.78. The molecule has 33 heavy (non-hydrogen) atoms. The van der Waals surface area contributed by atoms with Crippen LogP contribution in [0.5, 0.6) is 17.4 Å². The molecule has 1 aromatic carbocycles. The zero-order chi connectivity index (χ0) is 22.3. The molecule has 4 rings (SSSR count). The monoisotopic (exact) mass is 468 g/mol. The molecule has 3 heterocycles. The van der Waals surface area contributed by atoms with Crippen molar-refractivity contribution in [2.75, 3.05) is 11.9 Å². The quantitative estimate of drug-likeness (QED) is 0.353. The van der Waals surface area contributed by atoms with Crippen LogP contribution in [0, 0.1) is 5.92 Å². The van der Waals surface area contributed by atoms with Crippen LogP contribution in [0.1, 0.15) is 33.6 Å². The van der Waals surface area contributed by atoms with E-state index in [1.807, 2.05) is 31.2 Å². The van der Waals surface area contributed by atoms with Gasteiger partial charge in [0.1, 0.15) is 23.6 Å². The fraction of sp³-hybridized carbons (Fsp3) is 0.348. The van der Waals surface area contributed by atoms with Gasteiger partial charge in [0.15, 0.2) is 5.82 Å². The Morgan fingerprint density at radius 1 is 1.03 bits per heavy atom. The number of benzene rings is 1. The maximum atomic E-state index is 5.94. The summed E-state index contributed by atoms with van der Waals surface area (Å²) in [6, 6.07) is 9.27. The molecule has 1 N–H and O–H groups in total. The molecule has 10 heteroatoms. The minimum atomic E-state index is 0. The van der Waals surface area contributed by atoms with E-state index in [9.17, 15) is 0 Å². The molecule has 0 aliphatic heterocycles. The molecule has 3 aromatic heterocycles. The third-order valence-electron chi connectivity index (χ3n) is 4.80. The van der Waals surface area contributed by atoms with E-state index in [0.29, 0.717) is 42.3 Å². The molecular formula is C23H27ClN7O2-. The van der Waals surface area contributed by atoms with E-state index >= 15 is 0 Å². The number of hydrogen-bond donors (Lipinski definition) is 1. The van der Waals surface area contributed by atoms with Crippen molar-refractivity contribution in [1.82, 2.24) is 29.9 Å². The SMILES string of the molecule is CCn1ncc(Nc2ncnc3ccc(Oc4ccc(OCCCC(C)C)cn4)cc23)n1.[Cl-]. The predicted octanol–water partition coefficient (Wildman–Crippen LogP) is 1.99. The summed E-state index contributed by atoms with van der Waals surface area (Å²) in [5.41, 5.74) is 0.788. The van der Waals surface area contributed by atoms with Crippen LogP contribution in [0.15, 0.2) is 49.1 Å². The first-order valence-electron chi connectivity index (χ1n) is 10.8. The van der Waals surface area contributed by atoms with Crippen LogP contribution >= 0.6 is 0 Å². The van der Waals surface area contributed by atoms with Gasteiger partial charge in [-0.1, -0.05) is 13.8 Å². The van der Waals surface area contributed by atoms with E-state index in [1.54, 1.807) is 23.3 Å². The van der Waals surface area contributed by atoms with Gasteiger partial charge in [-0.15, -0.1) is 5.10 Å². The summed E-state index contributed by atoms with van der Waals surface area (Å²) in [6.07, 6.45) is 7.03. The Morgan fingerprint density at radius 2 is 1.88 bits per heavy atom. The van der Waals surface area contributed by atoms with Crippen LogP contribution in [0.25, 0.3) is 10.9 Å². The molecule has 0 radical (unpaired) electrons. The summed E-state index contributed by atoms with van der Waals surface area (Å²) in [5.74, 6) is 3.77. The minimum Gasteiger partial charge on any atom is -1.00 e. The second-order valence-electron chi connectivity index (χ2n) is 7.76. The van der Waals surface area contributed by atoms with E-state index in [0.717, 1.165) is 29.5 Å². The highest BCUT2D eigenvalue weighted by atomic mass is 35.5. The molecule has 0 unspecified atom stereocenters. The van der Waals surface area contributed by atoms with Crippen molar-refractivity contribution >= 4 is 22.5 Å². The van der Waals surface area contributed by atoms with Crippen molar-refractivity contribution in [2.24, 2.45) is 5.92 Å². The smallest absolute Gasteiger partial charge is 0.219 e. The second-order valence-corrected chi connectivity index (χ2v) is 7.76. The zero-order valence-electron chi connectivity index (χ0n) is 18.9. The number of rotatable bonds is 10. The lowest BCUT2D eigenvalue weighted by atomic mass is 10.1. The molecule has 9 nitrogen and oxygen atoms in total. The predicted molar refractivity (Wildman–Crippen MR) is 122 cm³/mol. The Bertz CT molecular complexity index is 1170. The Hall–Kier alpha value is -3.46. The molecular weight excluding hydrogens is 442 g/mol. The highest BCUT2D eigenvalue weighted by Crippen LogP contribution is 2.28. The molecule has 174 valence electrons. The van der Waals surface area contributed by atoms with Crippen LogP contribution in [0.4, 0.5) is 11.6 Å². The summed E-state index contributed by atoms with van der Waals surface area (Å²) < 4.78 is 11.7. The van der Waals surface area contributed by atoms with Gasteiger partial charge in [0.25, 0.3) is 0 Å². The van der Waals surface area contributed by atoms with Gasteiger partial charge in [-0.25, -0.2) is 15.0 Å². The number of fused-ring (bicyclic) bond motifs is 1.